The van der Waals surface area contributed by atoms with Gasteiger partial charge >= 0.3 is 5.97 Å². The summed E-state index contributed by atoms with van der Waals surface area (Å²) in [6, 6.07) is -1.67. The van der Waals surface area contributed by atoms with Gasteiger partial charge in [-0.15, -0.1) is 0 Å². The summed E-state index contributed by atoms with van der Waals surface area (Å²) in [6.07, 6.45) is 1.16. The van der Waals surface area contributed by atoms with Crippen LogP contribution in [0.1, 0.15) is 20.3 Å². The molecule has 13 heavy (non-hydrogen) atoms. The van der Waals surface area contributed by atoms with Crippen LogP contribution in [0.15, 0.2) is 12.4 Å². The number of rotatable bonds is 5. The van der Waals surface area contributed by atoms with Gasteiger partial charge in [0.2, 0.25) is 0 Å². The Morgan fingerprint density at radius 2 is 2.31 bits per heavy atom. The fourth-order valence-electron chi connectivity index (χ4n) is 0.666. The molecule has 76 valence electrons. The third-order valence-electron chi connectivity index (χ3n) is 1.74. The van der Waals surface area contributed by atoms with Gasteiger partial charge in [-0.1, -0.05) is 31.1 Å². The standard InChI is InChI=1S/C9H17O2PS/c1-5-8(3)11-9(10)7-12(4,13)6-2/h6,8H,2,5,7H2,1,3-4H3. The molecule has 0 aromatic rings. The highest BCUT2D eigenvalue weighted by Crippen LogP contribution is 2.42. The van der Waals surface area contributed by atoms with Gasteiger partial charge in [-0.25, -0.2) is 0 Å². The maximum Gasteiger partial charge on any atom is 0.311 e. The van der Waals surface area contributed by atoms with Crippen LogP contribution >= 0.6 is 6.04 Å². The molecule has 0 fully saturated rings. The highest BCUT2D eigenvalue weighted by molar-refractivity contribution is 8.16. The first kappa shape index (κ1) is 12.9. The van der Waals surface area contributed by atoms with Crippen molar-refractivity contribution in [1.29, 1.82) is 0 Å². The van der Waals surface area contributed by atoms with Gasteiger partial charge in [-0.3, -0.25) is 4.79 Å². The van der Waals surface area contributed by atoms with E-state index in [0.29, 0.717) is 6.16 Å². The van der Waals surface area contributed by atoms with Gasteiger partial charge in [-0.2, -0.15) is 0 Å². The Bertz CT molecular complexity index is 238. The summed E-state index contributed by atoms with van der Waals surface area (Å²) in [5, 5.41) is 0. The Kier molecular flexibility index (Phi) is 5.50. The molecular formula is C9H17O2PS. The zero-order chi connectivity index (χ0) is 10.5. The summed E-state index contributed by atoms with van der Waals surface area (Å²) < 4.78 is 5.11. The molecule has 0 radical (unpaired) electrons. The largest absolute Gasteiger partial charge is 0.462 e. The average molecular weight is 220 g/mol. The highest BCUT2D eigenvalue weighted by Gasteiger charge is 2.14. The summed E-state index contributed by atoms with van der Waals surface area (Å²) in [7, 11) is 0. The van der Waals surface area contributed by atoms with E-state index in [1.165, 1.54) is 0 Å². The van der Waals surface area contributed by atoms with E-state index in [9.17, 15) is 4.79 Å². The van der Waals surface area contributed by atoms with Gasteiger partial charge in [0, 0.05) is 0 Å². The second-order valence-electron chi connectivity index (χ2n) is 3.22. The monoisotopic (exact) mass is 220 g/mol. The predicted octanol–water partition coefficient (Wildman–Crippen LogP) is 2.58. The van der Waals surface area contributed by atoms with E-state index in [1.807, 2.05) is 20.5 Å². The summed E-state index contributed by atoms with van der Waals surface area (Å²) in [5.41, 5.74) is 0. The molecule has 0 saturated carbocycles. The number of carbonyl (C=O) groups is 1. The van der Waals surface area contributed by atoms with E-state index in [4.69, 9.17) is 16.5 Å². The fraction of sp³-hybridized carbons (Fsp3) is 0.667. The van der Waals surface area contributed by atoms with Crippen LogP contribution in [0, 0.1) is 0 Å². The normalized spacial score (nSPS) is 17.2. The molecule has 0 bridgehead atoms. The lowest BCUT2D eigenvalue weighted by molar-refractivity contribution is -0.145. The van der Waals surface area contributed by atoms with Crippen LogP contribution in [0.2, 0.25) is 0 Å². The Morgan fingerprint density at radius 3 is 2.69 bits per heavy atom. The molecule has 0 spiro atoms. The van der Waals surface area contributed by atoms with Gasteiger partial charge < -0.3 is 4.74 Å². The minimum absolute atomic E-state index is 0.00712. The molecule has 4 heteroatoms. The van der Waals surface area contributed by atoms with E-state index < -0.39 is 6.04 Å². The molecule has 0 aromatic heterocycles. The lowest BCUT2D eigenvalue weighted by atomic mass is 10.3. The van der Waals surface area contributed by atoms with Gasteiger partial charge in [0.1, 0.15) is 0 Å². The van der Waals surface area contributed by atoms with Crippen LogP contribution in [0.5, 0.6) is 0 Å². The summed E-state index contributed by atoms with van der Waals surface area (Å²) in [4.78, 5) is 11.3. The maximum atomic E-state index is 11.3. The molecule has 0 saturated heterocycles. The lowest BCUT2D eigenvalue weighted by Crippen LogP contribution is -2.16. The molecule has 0 aliphatic rings. The van der Waals surface area contributed by atoms with E-state index in [-0.39, 0.29) is 12.1 Å². The zero-order valence-electron chi connectivity index (χ0n) is 8.45. The van der Waals surface area contributed by atoms with Crippen molar-refractivity contribution in [1.82, 2.24) is 0 Å². The quantitative estimate of drug-likeness (QED) is 0.526. The minimum Gasteiger partial charge on any atom is -0.462 e. The fourth-order valence-corrected chi connectivity index (χ4v) is 1.70. The van der Waals surface area contributed by atoms with Crippen molar-refractivity contribution in [3.63, 3.8) is 0 Å². The first-order chi connectivity index (χ1) is 5.91. The van der Waals surface area contributed by atoms with Crippen molar-refractivity contribution in [3.05, 3.63) is 12.4 Å². The molecule has 2 unspecified atom stereocenters. The number of hydrogen-bond acceptors (Lipinski definition) is 3. The second kappa shape index (κ2) is 5.56. The Labute approximate surface area is 85.4 Å². The average Bonchev–Trinajstić information content (AvgIpc) is 2.03. The molecule has 0 amide bonds. The molecule has 0 aliphatic carbocycles. The topological polar surface area (TPSA) is 26.3 Å². The molecule has 0 rings (SSSR count). The van der Waals surface area contributed by atoms with Gasteiger partial charge in [-0.05, 0) is 26.0 Å². The number of hydrogen-bond donors (Lipinski definition) is 0. The van der Waals surface area contributed by atoms with E-state index >= 15 is 0 Å². The lowest BCUT2D eigenvalue weighted by Gasteiger charge is -2.14. The Hall–Kier alpha value is -0.140. The van der Waals surface area contributed by atoms with Gasteiger partial charge in [0.15, 0.2) is 0 Å². The van der Waals surface area contributed by atoms with Crippen molar-refractivity contribution in [2.24, 2.45) is 0 Å². The van der Waals surface area contributed by atoms with Crippen molar-refractivity contribution in [2.45, 2.75) is 26.4 Å². The third kappa shape index (κ3) is 6.00. The maximum absolute atomic E-state index is 11.3. The molecule has 2 nitrogen and oxygen atoms in total. The van der Waals surface area contributed by atoms with Crippen molar-refractivity contribution in [3.8, 4) is 0 Å². The molecular weight excluding hydrogens is 203 g/mol. The van der Waals surface area contributed by atoms with Crippen LogP contribution in [0.4, 0.5) is 0 Å². The van der Waals surface area contributed by atoms with E-state index in [2.05, 4.69) is 6.58 Å². The molecule has 0 heterocycles. The molecule has 0 aliphatic heterocycles. The van der Waals surface area contributed by atoms with Gasteiger partial charge in [0.05, 0.1) is 12.3 Å². The van der Waals surface area contributed by atoms with Crippen LogP contribution in [0.3, 0.4) is 0 Å². The Balaban J connectivity index is 4.02. The van der Waals surface area contributed by atoms with Crippen LogP contribution < -0.4 is 0 Å². The molecule has 0 aromatic carbocycles. The van der Waals surface area contributed by atoms with E-state index in [0.717, 1.165) is 6.42 Å². The summed E-state index contributed by atoms with van der Waals surface area (Å²) in [5.74, 6) is 1.51. The summed E-state index contributed by atoms with van der Waals surface area (Å²) >= 11 is 5.20. The van der Waals surface area contributed by atoms with Crippen molar-refractivity contribution in [2.75, 3.05) is 12.8 Å². The third-order valence-corrected chi connectivity index (χ3v) is 4.23. The first-order valence-electron chi connectivity index (χ1n) is 4.30. The zero-order valence-corrected chi connectivity index (χ0v) is 10.2. The smallest absolute Gasteiger partial charge is 0.311 e. The van der Waals surface area contributed by atoms with Crippen molar-refractivity contribution >= 4 is 23.8 Å². The summed E-state index contributed by atoms with van der Waals surface area (Å²) in [6.45, 7) is 9.38. The van der Waals surface area contributed by atoms with E-state index in [1.54, 1.807) is 5.82 Å². The van der Waals surface area contributed by atoms with Gasteiger partial charge in [0.25, 0.3) is 0 Å². The van der Waals surface area contributed by atoms with Crippen LogP contribution in [-0.4, -0.2) is 24.9 Å². The number of ether oxygens (including phenoxy) is 1. The Morgan fingerprint density at radius 1 is 1.77 bits per heavy atom. The SMILES string of the molecule is C=CP(C)(=S)CC(=O)OC(C)CC. The minimum atomic E-state index is -1.67. The van der Waals surface area contributed by atoms with Crippen molar-refractivity contribution < 1.29 is 9.53 Å². The first-order valence-corrected chi connectivity index (χ1v) is 7.81. The van der Waals surface area contributed by atoms with Crippen LogP contribution in [-0.2, 0) is 21.3 Å². The number of carbonyl (C=O) groups excluding carboxylic acids is 1. The molecule has 2 atom stereocenters. The predicted molar refractivity (Wildman–Crippen MR) is 61.1 cm³/mol. The highest BCUT2D eigenvalue weighted by atomic mass is 32.4. The molecule has 0 N–H and O–H groups in total. The second-order valence-corrected chi connectivity index (χ2v) is 8.76. The van der Waals surface area contributed by atoms with Crippen LogP contribution in [0.25, 0.3) is 0 Å². The number of esters is 1.